The molecule has 2 heterocycles. The van der Waals surface area contributed by atoms with Crippen LogP contribution in [0.4, 0.5) is 0 Å². The molecule has 0 unspecified atom stereocenters. The normalized spacial score (nSPS) is 21.6. The van der Waals surface area contributed by atoms with Crippen molar-refractivity contribution in [2.75, 3.05) is 52.4 Å². The third-order valence-electron chi connectivity index (χ3n) is 6.63. The second-order valence-corrected chi connectivity index (χ2v) is 9.55. The Morgan fingerprint density at radius 2 is 1.45 bits per heavy atom. The van der Waals surface area contributed by atoms with E-state index in [-0.39, 0.29) is 18.4 Å². The summed E-state index contributed by atoms with van der Waals surface area (Å²) < 4.78 is 5.93. The second kappa shape index (κ2) is 10.8. The van der Waals surface area contributed by atoms with E-state index in [0.29, 0.717) is 37.2 Å². The summed E-state index contributed by atoms with van der Waals surface area (Å²) in [5, 5.41) is 0. The molecule has 2 amide bonds. The molecule has 0 radical (unpaired) electrons. The minimum absolute atomic E-state index is 0.0116. The van der Waals surface area contributed by atoms with Gasteiger partial charge in [-0.1, -0.05) is 62.4 Å². The first-order chi connectivity index (χ1) is 16.0. The van der Waals surface area contributed by atoms with Gasteiger partial charge in [-0.3, -0.25) is 14.5 Å². The Kier molecular flexibility index (Phi) is 7.65. The van der Waals surface area contributed by atoms with Gasteiger partial charge in [0.2, 0.25) is 5.91 Å². The smallest absolute Gasteiger partial charge is 0.260 e. The third kappa shape index (κ3) is 6.14. The van der Waals surface area contributed by atoms with E-state index in [1.54, 1.807) is 0 Å². The fraction of sp³-hybridized carbons (Fsp3) is 0.481. The van der Waals surface area contributed by atoms with Crippen molar-refractivity contribution in [3.63, 3.8) is 0 Å². The summed E-state index contributed by atoms with van der Waals surface area (Å²) in [4.78, 5) is 31.6. The SMILES string of the molecule is C[C@@H]1C[C@@H](C)CN(C(=O)CN2CCN(C(=O)COc3ccccc3-c3ccccc3)CC2)C1. The monoisotopic (exact) mass is 449 g/mol. The molecule has 176 valence electrons. The van der Waals surface area contributed by atoms with Crippen LogP contribution >= 0.6 is 0 Å². The lowest BCUT2D eigenvalue weighted by molar-refractivity contribution is -0.137. The Morgan fingerprint density at radius 1 is 0.818 bits per heavy atom. The summed E-state index contributed by atoms with van der Waals surface area (Å²) in [6.07, 6.45) is 1.20. The highest BCUT2D eigenvalue weighted by Crippen LogP contribution is 2.29. The number of carbonyl (C=O) groups excluding carboxylic acids is 2. The number of benzene rings is 2. The molecule has 2 aliphatic heterocycles. The summed E-state index contributed by atoms with van der Waals surface area (Å²) in [5.74, 6) is 2.06. The van der Waals surface area contributed by atoms with Crippen LogP contribution < -0.4 is 4.74 Å². The molecule has 33 heavy (non-hydrogen) atoms. The number of piperazine rings is 1. The zero-order valence-corrected chi connectivity index (χ0v) is 19.8. The standard InChI is InChI=1S/C27H35N3O3/c1-21-16-22(2)18-30(17-21)26(31)19-28-12-14-29(15-13-28)27(32)20-33-25-11-7-6-10-24(25)23-8-4-3-5-9-23/h3-11,21-22H,12-20H2,1-2H3/t21-,22-/m1/s1. The van der Waals surface area contributed by atoms with Crippen LogP contribution in [0.15, 0.2) is 54.6 Å². The molecular weight excluding hydrogens is 414 g/mol. The van der Waals surface area contributed by atoms with Crippen molar-refractivity contribution in [3.8, 4) is 16.9 Å². The van der Waals surface area contributed by atoms with Crippen molar-refractivity contribution in [1.29, 1.82) is 0 Å². The minimum Gasteiger partial charge on any atom is -0.483 e. The maximum absolute atomic E-state index is 12.8. The lowest BCUT2D eigenvalue weighted by Gasteiger charge is -2.38. The number of carbonyl (C=O) groups is 2. The van der Waals surface area contributed by atoms with Crippen molar-refractivity contribution in [2.45, 2.75) is 20.3 Å². The van der Waals surface area contributed by atoms with Gasteiger partial charge in [0, 0.05) is 44.8 Å². The average Bonchev–Trinajstić information content (AvgIpc) is 2.83. The molecule has 2 saturated heterocycles. The molecule has 2 atom stereocenters. The van der Waals surface area contributed by atoms with Crippen LogP contribution in [0.5, 0.6) is 5.75 Å². The average molecular weight is 450 g/mol. The molecule has 4 rings (SSSR count). The molecule has 0 aliphatic carbocycles. The number of hydrogen-bond donors (Lipinski definition) is 0. The maximum Gasteiger partial charge on any atom is 0.260 e. The molecule has 0 aromatic heterocycles. The number of piperidine rings is 1. The van der Waals surface area contributed by atoms with Gasteiger partial charge < -0.3 is 14.5 Å². The van der Waals surface area contributed by atoms with Crippen LogP contribution in [-0.4, -0.2) is 78.9 Å². The van der Waals surface area contributed by atoms with E-state index >= 15 is 0 Å². The zero-order chi connectivity index (χ0) is 23.2. The van der Waals surface area contributed by atoms with Crippen LogP contribution in [0.3, 0.4) is 0 Å². The molecule has 2 aromatic rings. The summed E-state index contributed by atoms with van der Waals surface area (Å²) >= 11 is 0. The Bertz CT molecular complexity index is 931. The fourth-order valence-corrected chi connectivity index (χ4v) is 4.99. The van der Waals surface area contributed by atoms with E-state index in [9.17, 15) is 9.59 Å². The largest absolute Gasteiger partial charge is 0.483 e. The molecule has 0 saturated carbocycles. The van der Waals surface area contributed by atoms with E-state index in [1.807, 2.05) is 64.4 Å². The van der Waals surface area contributed by atoms with Crippen molar-refractivity contribution in [3.05, 3.63) is 54.6 Å². The zero-order valence-electron chi connectivity index (χ0n) is 19.8. The Morgan fingerprint density at radius 3 is 2.15 bits per heavy atom. The van der Waals surface area contributed by atoms with E-state index in [4.69, 9.17) is 4.74 Å². The first kappa shape index (κ1) is 23.3. The number of para-hydroxylation sites is 1. The number of ether oxygens (including phenoxy) is 1. The molecule has 0 N–H and O–H groups in total. The lowest BCUT2D eigenvalue weighted by Crippen LogP contribution is -2.53. The lowest BCUT2D eigenvalue weighted by atomic mass is 9.92. The quantitative estimate of drug-likeness (QED) is 0.679. The molecule has 2 fully saturated rings. The van der Waals surface area contributed by atoms with Crippen LogP contribution in [-0.2, 0) is 9.59 Å². The van der Waals surface area contributed by atoms with E-state index < -0.39 is 0 Å². The number of nitrogens with zero attached hydrogens (tertiary/aromatic N) is 3. The summed E-state index contributed by atoms with van der Waals surface area (Å²) in [6, 6.07) is 17.9. The van der Waals surface area contributed by atoms with Crippen molar-refractivity contribution in [1.82, 2.24) is 14.7 Å². The molecule has 6 nitrogen and oxygen atoms in total. The second-order valence-electron chi connectivity index (χ2n) is 9.55. The van der Waals surface area contributed by atoms with Gasteiger partial charge in [0.1, 0.15) is 5.75 Å². The van der Waals surface area contributed by atoms with E-state index in [2.05, 4.69) is 18.7 Å². The number of amides is 2. The van der Waals surface area contributed by atoms with Crippen LogP contribution in [0.1, 0.15) is 20.3 Å². The van der Waals surface area contributed by atoms with Gasteiger partial charge in [-0.25, -0.2) is 0 Å². The molecule has 2 aromatic carbocycles. The van der Waals surface area contributed by atoms with Crippen LogP contribution in [0, 0.1) is 11.8 Å². The van der Waals surface area contributed by atoms with Gasteiger partial charge in [-0.15, -0.1) is 0 Å². The first-order valence-electron chi connectivity index (χ1n) is 12.0. The van der Waals surface area contributed by atoms with Gasteiger partial charge in [0.25, 0.3) is 5.91 Å². The predicted octanol–water partition coefficient (Wildman–Crippen LogP) is 3.38. The highest BCUT2D eigenvalue weighted by atomic mass is 16.5. The van der Waals surface area contributed by atoms with Gasteiger partial charge in [0.05, 0.1) is 6.54 Å². The fourth-order valence-electron chi connectivity index (χ4n) is 4.99. The minimum atomic E-state index is -0.0116. The first-order valence-corrected chi connectivity index (χ1v) is 12.0. The van der Waals surface area contributed by atoms with Gasteiger partial charge in [-0.05, 0) is 29.9 Å². The predicted molar refractivity (Wildman–Crippen MR) is 130 cm³/mol. The van der Waals surface area contributed by atoms with E-state index in [0.717, 1.165) is 37.3 Å². The highest BCUT2D eigenvalue weighted by Gasteiger charge is 2.28. The van der Waals surface area contributed by atoms with Crippen molar-refractivity contribution in [2.24, 2.45) is 11.8 Å². The van der Waals surface area contributed by atoms with Gasteiger partial charge in [0.15, 0.2) is 6.61 Å². The molecule has 0 spiro atoms. The van der Waals surface area contributed by atoms with Crippen LogP contribution in [0.25, 0.3) is 11.1 Å². The van der Waals surface area contributed by atoms with Crippen molar-refractivity contribution < 1.29 is 14.3 Å². The summed E-state index contributed by atoms with van der Waals surface area (Å²) in [7, 11) is 0. The van der Waals surface area contributed by atoms with Crippen LogP contribution in [0.2, 0.25) is 0 Å². The Hall–Kier alpha value is -2.86. The molecule has 2 aliphatic rings. The summed E-state index contributed by atoms with van der Waals surface area (Å²) in [6.45, 7) is 9.34. The summed E-state index contributed by atoms with van der Waals surface area (Å²) in [5.41, 5.74) is 2.05. The Labute approximate surface area is 197 Å². The maximum atomic E-state index is 12.8. The van der Waals surface area contributed by atoms with Crippen molar-refractivity contribution >= 4 is 11.8 Å². The van der Waals surface area contributed by atoms with Gasteiger partial charge >= 0.3 is 0 Å². The number of hydrogen-bond acceptors (Lipinski definition) is 4. The van der Waals surface area contributed by atoms with E-state index in [1.165, 1.54) is 6.42 Å². The molecule has 0 bridgehead atoms. The topological polar surface area (TPSA) is 53.1 Å². The molecule has 6 heteroatoms. The number of likely N-dealkylation sites (tertiary alicyclic amines) is 1. The number of rotatable bonds is 6. The Balaban J connectivity index is 1.25. The molecular formula is C27H35N3O3. The van der Waals surface area contributed by atoms with Gasteiger partial charge in [-0.2, -0.15) is 0 Å². The highest BCUT2D eigenvalue weighted by molar-refractivity contribution is 5.79. The third-order valence-corrected chi connectivity index (χ3v) is 6.63.